The number of hydrogen-bond donors (Lipinski definition) is 1. The van der Waals surface area contributed by atoms with Gasteiger partial charge in [-0.15, -0.1) is 24.8 Å². The molecule has 1 unspecified atom stereocenters. The number of carbonyl (C=O) groups excluding carboxylic acids is 1. The van der Waals surface area contributed by atoms with Gasteiger partial charge in [-0.05, 0) is 32.2 Å². The molecular formula is C15H31Cl2N3O. The first-order valence-electron chi connectivity index (χ1n) is 7.90. The van der Waals surface area contributed by atoms with Gasteiger partial charge in [0.1, 0.15) is 0 Å². The van der Waals surface area contributed by atoms with Crippen LogP contribution < -0.4 is 5.73 Å². The number of nitrogens with two attached hydrogens (primary N) is 1. The van der Waals surface area contributed by atoms with E-state index >= 15 is 0 Å². The number of rotatable bonds is 4. The van der Waals surface area contributed by atoms with Crippen molar-refractivity contribution in [3.63, 3.8) is 0 Å². The Kier molecular flexibility index (Phi) is 9.17. The van der Waals surface area contributed by atoms with Gasteiger partial charge in [-0.25, -0.2) is 0 Å². The van der Waals surface area contributed by atoms with Crippen molar-refractivity contribution in [3.8, 4) is 0 Å². The summed E-state index contributed by atoms with van der Waals surface area (Å²) in [5.41, 5.74) is 5.59. The molecule has 2 saturated heterocycles. The molecule has 0 bridgehead atoms. The Bertz CT molecular complexity index is 316. The summed E-state index contributed by atoms with van der Waals surface area (Å²) in [5, 5.41) is 0. The molecule has 4 nitrogen and oxygen atoms in total. The fourth-order valence-corrected chi connectivity index (χ4v) is 3.60. The monoisotopic (exact) mass is 339 g/mol. The number of carbonyl (C=O) groups is 1. The molecule has 6 heteroatoms. The summed E-state index contributed by atoms with van der Waals surface area (Å²) in [5.74, 6) is 0.297. The van der Waals surface area contributed by atoms with Crippen LogP contribution in [-0.2, 0) is 4.79 Å². The lowest BCUT2D eigenvalue weighted by molar-refractivity contribution is -0.145. The second kappa shape index (κ2) is 9.19. The summed E-state index contributed by atoms with van der Waals surface area (Å²) in [6.07, 6.45) is 5.58. The maximum atomic E-state index is 12.8. The highest BCUT2D eigenvalue weighted by molar-refractivity contribution is 5.85. The Balaban J connectivity index is 0.00000200. The molecule has 0 aliphatic carbocycles. The zero-order valence-corrected chi connectivity index (χ0v) is 15.0. The third-order valence-electron chi connectivity index (χ3n) is 5.32. The van der Waals surface area contributed by atoms with Crippen molar-refractivity contribution in [2.45, 2.75) is 52.0 Å². The molecule has 2 N–H and O–H groups in total. The van der Waals surface area contributed by atoms with Gasteiger partial charge < -0.3 is 10.6 Å². The summed E-state index contributed by atoms with van der Waals surface area (Å²) in [6.45, 7) is 8.72. The minimum absolute atomic E-state index is 0. The van der Waals surface area contributed by atoms with Crippen molar-refractivity contribution in [2.24, 2.45) is 11.1 Å². The van der Waals surface area contributed by atoms with Gasteiger partial charge in [0, 0.05) is 32.2 Å². The summed E-state index contributed by atoms with van der Waals surface area (Å²) >= 11 is 0. The first-order valence-corrected chi connectivity index (χ1v) is 7.90. The summed E-state index contributed by atoms with van der Waals surface area (Å²) < 4.78 is 0. The van der Waals surface area contributed by atoms with Crippen molar-refractivity contribution >= 4 is 30.7 Å². The Hall–Kier alpha value is -0.0300. The summed E-state index contributed by atoms with van der Waals surface area (Å²) in [7, 11) is 0. The normalized spacial score (nSPS) is 22.8. The molecule has 2 heterocycles. The van der Waals surface area contributed by atoms with Crippen LogP contribution in [0.3, 0.4) is 0 Å². The molecule has 0 spiro atoms. The lowest BCUT2D eigenvalue weighted by atomic mass is 9.80. The van der Waals surface area contributed by atoms with Gasteiger partial charge in [-0.2, -0.15) is 0 Å². The van der Waals surface area contributed by atoms with E-state index in [4.69, 9.17) is 5.73 Å². The van der Waals surface area contributed by atoms with Crippen LogP contribution in [0.5, 0.6) is 0 Å². The van der Waals surface area contributed by atoms with Crippen molar-refractivity contribution in [3.05, 3.63) is 0 Å². The Morgan fingerprint density at radius 1 is 1.14 bits per heavy atom. The largest absolute Gasteiger partial charge is 0.339 e. The first-order chi connectivity index (χ1) is 9.16. The van der Waals surface area contributed by atoms with E-state index in [-0.39, 0.29) is 30.2 Å². The average molecular weight is 340 g/mol. The van der Waals surface area contributed by atoms with Crippen molar-refractivity contribution in [1.82, 2.24) is 9.80 Å². The highest BCUT2D eigenvalue weighted by Crippen LogP contribution is 2.30. The number of amides is 1. The summed E-state index contributed by atoms with van der Waals surface area (Å²) in [4.78, 5) is 17.5. The van der Waals surface area contributed by atoms with Crippen LogP contribution in [0.4, 0.5) is 0 Å². The molecule has 2 aliphatic rings. The lowest BCUT2D eigenvalue weighted by Gasteiger charge is -2.46. The van der Waals surface area contributed by atoms with Gasteiger partial charge in [-0.3, -0.25) is 9.69 Å². The first kappa shape index (κ1) is 21.0. The van der Waals surface area contributed by atoms with Crippen molar-refractivity contribution < 1.29 is 4.79 Å². The van der Waals surface area contributed by atoms with Crippen LogP contribution in [0.15, 0.2) is 0 Å². The SMILES string of the molecule is CCC(CC)(CN)C(=O)N1CCN2CCCCC2C1.Cl.Cl. The van der Waals surface area contributed by atoms with Gasteiger partial charge in [0.25, 0.3) is 0 Å². The van der Waals surface area contributed by atoms with E-state index in [2.05, 4.69) is 23.6 Å². The predicted octanol–water partition coefficient (Wildman–Crippen LogP) is 2.29. The molecular weight excluding hydrogens is 309 g/mol. The predicted molar refractivity (Wildman–Crippen MR) is 92.4 cm³/mol. The van der Waals surface area contributed by atoms with Crippen LogP contribution in [-0.4, -0.2) is 54.5 Å². The molecule has 2 aliphatic heterocycles. The van der Waals surface area contributed by atoms with E-state index in [1.165, 1.54) is 25.8 Å². The maximum Gasteiger partial charge on any atom is 0.230 e. The van der Waals surface area contributed by atoms with Gasteiger partial charge in [-0.1, -0.05) is 20.3 Å². The van der Waals surface area contributed by atoms with Crippen LogP contribution in [0.25, 0.3) is 0 Å². The average Bonchev–Trinajstić information content (AvgIpc) is 2.49. The van der Waals surface area contributed by atoms with Gasteiger partial charge >= 0.3 is 0 Å². The van der Waals surface area contributed by atoms with Crippen molar-refractivity contribution in [1.29, 1.82) is 0 Å². The molecule has 126 valence electrons. The van der Waals surface area contributed by atoms with E-state index < -0.39 is 0 Å². The van der Waals surface area contributed by atoms with Crippen molar-refractivity contribution in [2.75, 3.05) is 32.7 Å². The Labute approximate surface area is 141 Å². The minimum Gasteiger partial charge on any atom is -0.339 e. The number of piperazine rings is 1. The standard InChI is InChI=1S/C15H29N3O.2ClH/c1-3-15(4-2,12-16)14(19)18-10-9-17-8-6-5-7-13(17)11-18;;/h13H,3-12,16H2,1-2H3;2*1H. The lowest BCUT2D eigenvalue weighted by Crippen LogP contribution is -2.59. The highest BCUT2D eigenvalue weighted by Gasteiger charge is 2.40. The van der Waals surface area contributed by atoms with E-state index in [9.17, 15) is 4.79 Å². The maximum absolute atomic E-state index is 12.8. The van der Waals surface area contributed by atoms with E-state index in [1.54, 1.807) is 0 Å². The molecule has 0 aromatic heterocycles. The second-order valence-electron chi connectivity index (χ2n) is 6.13. The number of nitrogens with zero attached hydrogens (tertiary/aromatic N) is 2. The Morgan fingerprint density at radius 2 is 1.81 bits per heavy atom. The molecule has 21 heavy (non-hydrogen) atoms. The van der Waals surface area contributed by atoms with E-state index in [0.717, 1.165) is 32.5 Å². The molecule has 0 aromatic rings. The van der Waals surface area contributed by atoms with Crippen LogP contribution in [0.2, 0.25) is 0 Å². The zero-order valence-electron chi connectivity index (χ0n) is 13.3. The Morgan fingerprint density at radius 3 is 2.38 bits per heavy atom. The topological polar surface area (TPSA) is 49.6 Å². The van der Waals surface area contributed by atoms with Gasteiger partial charge in [0.05, 0.1) is 5.41 Å². The van der Waals surface area contributed by atoms with Crippen LogP contribution in [0, 0.1) is 5.41 Å². The van der Waals surface area contributed by atoms with Crippen LogP contribution in [0.1, 0.15) is 46.0 Å². The molecule has 0 radical (unpaired) electrons. The van der Waals surface area contributed by atoms with E-state index in [0.29, 0.717) is 18.5 Å². The third kappa shape index (κ3) is 4.25. The second-order valence-corrected chi connectivity index (χ2v) is 6.13. The quantitative estimate of drug-likeness (QED) is 0.854. The molecule has 1 atom stereocenters. The number of hydrogen-bond acceptors (Lipinski definition) is 3. The smallest absolute Gasteiger partial charge is 0.230 e. The number of piperidine rings is 1. The van der Waals surface area contributed by atoms with Gasteiger partial charge in [0.2, 0.25) is 5.91 Å². The molecule has 0 saturated carbocycles. The third-order valence-corrected chi connectivity index (χ3v) is 5.32. The fourth-order valence-electron chi connectivity index (χ4n) is 3.60. The van der Waals surface area contributed by atoms with Crippen LogP contribution >= 0.6 is 24.8 Å². The molecule has 2 rings (SSSR count). The molecule has 2 fully saturated rings. The highest BCUT2D eigenvalue weighted by atomic mass is 35.5. The summed E-state index contributed by atoms with van der Waals surface area (Å²) in [6, 6.07) is 0.593. The molecule has 0 aromatic carbocycles. The fraction of sp³-hybridized carbons (Fsp3) is 0.933. The number of halogens is 2. The minimum atomic E-state index is -0.323. The van der Waals surface area contributed by atoms with Gasteiger partial charge in [0.15, 0.2) is 0 Å². The zero-order chi connectivity index (χ0) is 13.9. The number of fused-ring (bicyclic) bond motifs is 1. The molecule has 1 amide bonds. The van der Waals surface area contributed by atoms with E-state index in [1.807, 2.05) is 0 Å².